The van der Waals surface area contributed by atoms with Crippen LogP contribution in [0.2, 0.25) is 0 Å². The number of thioether (sulfide) groups is 1. The number of hydrogen-bond acceptors (Lipinski definition) is 7. The zero-order valence-corrected chi connectivity index (χ0v) is 19.4. The molecule has 0 amide bonds. The van der Waals surface area contributed by atoms with Crippen molar-refractivity contribution < 1.29 is 18.8 Å². The molecule has 1 aromatic heterocycles. The molecule has 2 aromatic carbocycles. The topological polar surface area (TPSA) is 92.3 Å². The van der Waals surface area contributed by atoms with Gasteiger partial charge in [0.2, 0.25) is 6.54 Å². The molecular formula is C20H20BrFN4O4S. The van der Waals surface area contributed by atoms with Gasteiger partial charge in [0.15, 0.2) is 16.7 Å². The van der Waals surface area contributed by atoms with E-state index >= 15 is 0 Å². The van der Waals surface area contributed by atoms with Crippen molar-refractivity contribution in [1.29, 1.82) is 0 Å². The summed E-state index contributed by atoms with van der Waals surface area (Å²) in [5.74, 6) is 1.22. The van der Waals surface area contributed by atoms with Gasteiger partial charge in [0.05, 0.1) is 18.2 Å². The van der Waals surface area contributed by atoms with Crippen LogP contribution in [0.4, 0.5) is 4.39 Å². The zero-order valence-electron chi connectivity index (χ0n) is 17.0. The van der Waals surface area contributed by atoms with Gasteiger partial charge in [-0.15, -0.1) is 10.2 Å². The molecule has 0 bridgehead atoms. The molecule has 8 nitrogen and oxygen atoms in total. The van der Waals surface area contributed by atoms with E-state index in [0.717, 1.165) is 0 Å². The van der Waals surface area contributed by atoms with E-state index in [-0.39, 0.29) is 17.3 Å². The Morgan fingerprint density at radius 2 is 2.00 bits per heavy atom. The number of aryl methyl sites for hydroxylation is 1. The molecular weight excluding hydrogens is 491 g/mol. The molecule has 31 heavy (non-hydrogen) atoms. The second-order valence-electron chi connectivity index (χ2n) is 6.43. The van der Waals surface area contributed by atoms with Crippen molar-refractivity contribution in [2.75, 3.05) is 20.3 Å². The van der Waals surface area contributed by atoms with Crippen LogP contribution in [0.1, 0.15) is 23.6 Å². The largest absolute Gasteiger partial charge is 0.492 e. The lowest BCUT2D eigenvalue weighted by Gasteiger charge is -2.18. The Bertz CT molecular complexity index is 1080. The van der Waals surface area contributed by atoms with Crippen molar-refractivity contribution >= 4 is 27.7 Å². The maximum atomic E-state index is 13.4. The minimum atomic E-state index is -0.584. The third kappa shape index (κ3) is 5.34. The molecule has 0 N–H and O–H groups in total. The highest BCUT2D eigenvalue weighted by molar-refractivity contribution is 9.10. The van der Waals surface area contributed by atoms with Gasteiger partial charge in [0.25, 0.3) is 0 Å². The molecule has 3 aromatic rings. The minimum absolute atomic E-state index is 0.343. The molecule has 0 aliphatic carbocycles. The lowest BCUT2D eigenvalue weighted by Crippen LogP contribution is -2.12. The molecule has 0 saturated heterocycles. The first-order chi connectivity index (χ1) is 14.8. The Hall–Kier alpha value is -2.66. The van der Waals surface area contributed by atoms with Crippen LogP contribution in [0.3, 0.4) is 0 Å². The first-order valence-electron chi connectivity index (χ1n) is 9.30. The summed E-state index contributed by atoms with van der Waals surface area (Å²) in [7, 11) is 1.53. The number of ether oxygens (including phenoxy) is 2. The summed E-state index contributed by atoms with van der Waals surface area (Å²) in [5.41, 5.74) is 1.33. The van der Waals surface area contributed by atoms with Crippen LogP contribution < -0.4 is 9.47 Å². The molecule has 0 fully saturated rings. The van der Waals surface area contributed by atoms with Gasteiger partial charge in [-0.25, -0.2) is 4.39 Å². The number of nitro groups is 1. The predicted octanol–water partition coefficient (Wildman–Crippen LogP) is 4.99. The second kappa shape index (κ2) is 10.1. The van der Waals surface area contributed by atoms with Gasteiger partial charge in [-0.3, -0.25) is 14.7 Å². The van der Waals surface area contributed by atoms with Crippen molar-refractivity contribution in [1.82, 2.24) is 14.8 Å². The van der Waals surface area contributed by atoms with Crippen LogP contribution in [0, 0.1) is 22.9 Å². The molecule has 0 unspecified atom stereocenters. The Morgan fingerprint density at radius 1 is 1.29 bits per heavy atom. The molecule has 0 aliphatic heterocycles. The maximum Gasteiger partial charge on any atom is 0.220 e. The fraction of sp³-hybridized carbons (Fsp3) is 0.300. The fourth-order valence-corrected chi connectivity index (χ4v) is 4.79. The average molecular weight is 511 g/mol. The molecule has 0 aliphatic rings. The minimum Gasteiger partial charge on any atom is -0.492 e. The normalized spacial score (nSPS) is 11.9. The van der Waals surface area contributed by atoms with Gasteiger partial charge < -0.3 is 9.47 Å². The van der Waals surface area contributed by atoms with Crippen LogP contribution in [-0.4, -0.2) is 39.9 Å². The predicted molar refractivity (Wildman–Crippen MR) is 118 cm³/mol. The molecule has 0 spiro atoms. The first-order valence-corrected chi connectivity index (χ1v) is 11.0. The van der Waals surface area contributed by atoms with Gasteiger partial charge >= 0.3 is 0 Å². The Kier molecular flexibility index (Phi) is 7.50. The van der Waals surface area contributed by atoms with E-state index in [9.17, 15) is 14.5 Å². The van der Waals surface area contributed by atoms with Crippen LogP contribution in [0.5, 0.6) is 11.5 Å². The van der Waals surface area contributed by atoms with Gasteiger partial charge in [-0.05, 0) is 71.7 Å². The summed E-state index contributed by atoms with van der Waals surface area (Å²) >= 11 is 4.66. The molecule has 164 valence electrons. The van der Waals surface area contributed by atoms with Crippen molar-refractivity contribution in [3.05, 3.63) is 68.2 Å². The van der Waals surface area contributed by atoms with E-state index in [2.05, 4.69) is 26.1 Å². The summed E-state index contributed by atoms with van der Waals surface area (Å²) in [5, 5.41) is 19.6. The van der Waals surface area contributed by atoms with Crippen LogP contribution >= 0.6 is 27.7 Å². The lowest BCUT2D eigenvalue weighted by molar-refractivity contribution is -0.479. The summed E-state index contributed by atoms with van der Waals surface area (Å²) in [6.45, 7) is 3.68. The summed E-state index contributed by atoms with van der Waals surface area (Å²) < 4.78 is 26.8. The summed E-state index contributed by atoms with van der Waals surface area (Å²) in [4.78, 5) is 11.1. The molecule has 1 heterocycles. The number of nitrogens with zero attached hydrogens (tertiary/aromatic N) is 4. The highest BCUT2D eigenvalue weighted by Crippen LogP contribution is 2.43. The molecule has 11 heteroatoms. The van der Waals surface area contributed by atoms with E-state index in [1.165, 1.54) is 31.0 Å². The lowest BCUT2D eigenvalue weighted by atomic mass is 10.1. The van der Waals surface area contributed by atoms with E-state index in [1.54, 1.807) is 35.8 Å². The van der Waals surface area contributed by atoms with Gasteiger partial charge in [-0.2, -0.15) is 0 Å². The highest BCUT2D eigenvalue weighted by Gasteiger charge is 2.26. The Labute approximate surface area is 191 Å². The van der Waals surface area contributed by atoms with Crippen molar-refractivity contribution in [2.24, 2.45) is 0 Å². The smallest absolute Gasteiger partial charge is 0.220 e. The molecule has 0 saturated carbocycles. The zero-order chi connectivity index (χ0) is 22.5. The fourth-order valence-electron chi connectivity index (χ4n) is 3.01. The van der Waals surface area contributed by atoms with E-state index in [4.69, 9.17) is 9.47 Å². The Balaban J connectivity index is 2.03. The van der Waals surface area contributed by atoms with Gasteiger partial charge in [0.1, 0.15) is 16.9 Å². The monoisotopic (exact) mass is 510 g/mol. The van der Waals surface area contributed by atoms with Crippen LogP contribution in [-0.2, 0) is 0 Å². The number of aromatic nitrogens is 3. The number of benzene rings is 2. The third-order valence-corrected chi connectivity index (χ3v) is 6.12. The van der Waals surface area contributed by atoms with Crippen molar-refractivity contribution in [3.63, 3.8) is 0 Å². The summed E-state index contributed by atoms with van der Waals surface area (Å²) in [6, 6.07) is 9.40. The van der Waals surface area contributed by atoms with Crippen LogP contribution in [0.25, 0.3) is 5.69 Å². The standard InChI is InChI=1S/C20H20BrFN4O4S/c1-4-30-17-10-13(9-16(21)19(17)29-3)18(11-25(27)28)31-20-24-23-12(2)26(20)15-7-5-14(22)6-8-15/h5-10,18H,4,11H2,1-3H3/t18-/m0/s1. The van der Waals surface area contributed by atoms with E-state index in [0.29, 0.717) is 44.8 Å². The number of hydrogen-bond donors (Lipinski definition) is 0. The quantitative estimate of drug-likeness (QED) is 0.227. The maximum absolute atomic E-state index is 13.4. The number of methoxy groups -OCH3 is 1. The van der Waals surface area contributed by atoms with Gasteiger partial charge in [0, 0.05) is 10.6 Å². The molecule has 3 rings (SSSR count). The molecule has 1 atom stereocenters. The second-order valence-corrected chi connectivity index (χ2v) is 8.45. The third-order valence-electron chi connectivity index (χ3n) is 4.35. The average Bonchev–Trinajstić information content (AvgIpc) is 3.08. The number of rotatable bonds is 9. The molecule has 0 radical (unpaired) electrons. The first kappa shape index (κ1) is 23.0. The van der Waals surface area contributed by atoms with Gasteiger partial charge in [-0.1, -0.05) is 11.8 Å². The summed E-state index contributed by atoms with van der Waals surface area (Å²) in [6.07, 6.45) is 0. The number of halogens is 2. The highest BCUT2D eigenvalue weighted by atomic mass is 79.9. The van der Waals surface area contributed by atoms with Crippen molar-refractivity contribution in [2.45, 2.75) is 24.3 Å². The van der Waals surface area contributed by atoms with Crippen LogP contribution in [0.15, 0.2) is 46.0 Å². The SMILES string of the molecule is CCOc1cc([C@H](C[N+](=O)[O-])Sc2nnc(C)n2-c2ccc(F)cc2)cc(Br)c1OC. The van der Waals surface area contributed by atoms with E-state index < -0.39 is 5.25 Å². The Morgan fingerprint density at radius 3 is 2.61 bits per heavy atom. The van der Waals surface area contributed by atoms with Crippen molar-refractivity contribution in [3.8, 4) is 17.2 Å². The van der Waals surface area contributed by atoms with E-state index in [1.807, 2.05) is 6.92 Å².